The molecular weight excluding hydrogens is 523 g/mol. The summed E-state index contributed by atoms with van der Waals surface area (Å²) in [6.45, 7) is 12.3. The molecule has 0 radical (unpaired) electrons. The summed E-state index contributed by atoms with van der Waals surface area (Å²) in [7, 11) is 0. The third-order valence-corrected chi connectivity index (χ3v) is 7.59. The van der Waals surface area contributed by atoms with Crippen molar-refractivity contribution in [1.82, 2.24) is 29.4 Å². The number of nitrogens with one attached hydrogen (secondary N) is 1. The fraction of sp³-hybridized carbons (Fsp3) is 0.444. The number of hydrogen-bond donors (Lipinski definition) is 1. The summed E-state index contributed by atoms with van der Waals surface area (Å²) in [6, 6.07) is 4.09. The maximum absolute atomic E-state index is 14.2. The Hall–Kier alpha value is -3.80. The van der Waals surface area contributed by atoms with Crippen LogP contribution in [0.15, 0.2) is 40.2 Å². The van der Waals surface area contributed by atoms with Crippen LogP contribution in [0.3, 0.4) is 0 Å². The molecule has 0 spiro atoms. The van der Waals surface area contributed by atoms with E-state index < -0.39 is 28.5 Å². The summed E-state index contributed by atoms with van der Waals surface area (Å²) in [6.07, 6.45) is 3.16. The Morgan fingerprint density at radius 1 is 1.15 bits per heavy atom. The highest BCUT2D eigenvalue weighted by atomic mass is 32.1. The number of thiophene rings is 1. The van der Waals surface area contributed by atoms with Gasteiger partial charge in [0.15, 0.2) is 0 Å². The number of nitrogens with zero attached hydrogens (tertiary/aromatic N) is 5. The minimum atomic E-state index is -1.49. The van der Waals surface area contributed by atoms with Gasteiger partial charge in [-0.25, -0.2) is 13.8 Å². The Bertz CT molecular complexity index is 1630. The van der Waals surface area contributed by atoms with Gasteiger partial charge in [-0.05, 0) is 78.6 Å². The minimum Gasteiger partial charge on any atom is -0.491 e. The summed E-state index contributed by atoms with van der Waals surface area (Å²) in [5, 5.41) is 12.1. The number of hydrogen-bond acceptors (Lipinski definition) is 7. The van der Waals surface area contributed by atoms with Crippen molar-refractivity contribution in [3.05, 3.63) is 68.4 Å². The number of aromatic nitrogens is 5. The predicted molar refractivity (Wildman–Crippen MR) is 148 cm³/mol. The molecule has 0 aliphatic carbocycles. The van der Waals surface area contributed by atoms with Gasteiger partial charge in [-0.3, -0.25) is 14.2 Å². The highest BCUT2D eigenvalue weighted by Crippen LogP contribution is 2.31. The number of carbonyl (C=O) groups is 1. The third-order valence-electron chi connectivity index (χ3n) is 6.31. The molecule has 39 heavy (non-hydrogen) atoms. The van der Waals surface area contributed by atoms with E-state index in [9.17, 15) is 18.8 Å². The molecule has 0 atom stereocenters. The van der Waals surface area contributed by atoms with Gasteiger partial charge in [-0.1, -0.05) is 11.3 Å². The molecule has 10 nitrogen and oxygen atoms in total. The predicted octanol–water partition coefficient (Wildman–Crippen LogP) is 3.54. The smallest absolute Gasteiger partial charge is 0.333 e. The topological polar surface area (TPSA) is 113 Å². The summed E-state index contributed by atoms with van der Waals surface area (Å²) < 4.78 is 22.5. The summed E-state index contributed by atoms with van der Waals surface area (Å²) in [4.78, 5) is 42.9. The van der Waals surface area contributed by atoms with E-state index in [1.165, 1.54) is 45.2 Å². The summed E-state index contributed by atoms with van der Waals surface area (Å²) >= 11 is 1.21. The van der Waals surface area contributed by atoms with E-state index in [4.69, 9.17) is 4.74 Å². The van der Waals surface area contributed by atoms with Gasteiger partial charge in [-0.2, -0.15) is 10.2 Å². The normalized spacial score (nSPS) is 12.1. The van der Waals surface area contributed by atoms with Crippen molar-refractivity contribution >= 4 is 27.5 Å². The van der Waals surface area contributed by atoms with Crippen molar-refractivity contribution < 1.29 is 13.9 Å². The van der Waals surface area contributed by atoms with Gasteiger partial charge in [-0.15, -0.1) is 4.80 Å². The van der Waals surface area contributed by atoms with Crippen LogP contribution >= 0.6 is 11.3 Å². The molecule has 3 heterocycles. The average Bonchev–Trinajstić information content (AvgIpc) is 3.48. The van der Waals surface area contributed by atoms with E-state index >= 15 is 0 Å². The van der Waals surface area contributed by atoms with E-state index in [0.717, 1.165) is 4.57 Å². The molecule has 4 aromatic rings. The van der Waals surface area contributed by atoms with Crippen molar-refractivity contribution in [2.24, 2.45) is 0 Å². The zero-order valence-electron chi connectivity index (χ0n) is 23.1. The Balaban J connectivity index is 1.94. The Morgan fingerprint density at radius 3 is 2.44 bits per heavy atom. The first-order chi connectivity index (χ1) is 18.3. The minimum absolute atomic E-state index is 0.112. The van der Waals surface area contributed by atoms with Crippen molar-refractivity contribution in [2.45, 2.75) is 79.1 Å². The number of carbonyl (C=O) groups excluding carboxylic acids is 1. The second-order valence-corrected chi connectivity index (χ2v) is 11.4. The van der Waals surface area contributed by atoms with Crippen LogP contribution in [0.5, 0.6) is 5.75 Å². The maximum atomic E-state index is 14.2. The van der Waals surface area contributed by atoms with E-state index in [-0.39, 0.29) is 25.1 Å². The van der Waals surface area contributed by atoms with Crippen molar-refractivity contribution in [2.75, 3.05) is 0 Å². The van der Waals surface area contributed by atoms with E-state index in [1.807, 2.05) is 13.8 Å². The molecule has 208 valence electrons. The molecule has 0 saturated heterocycles. The van der Waals surface area contributed by atoms with E-state index in [0.29, 0.717) is 32.1 Å². The highest BCUT2D eigenvalue weighted by Gasteiger charge is 2.35. The number of rotatable bonds is 9. The zero-order chi connectivity index (χ0) is 28.6. The lowest BCUT2D eigenvalue weighted by molar-refractivity contribution is -0.129. The standard InChI is InChI=1S/C27H33FN6O4S/c1-15(2)31-25(36)27(6,7)33-22(35)21-17(5)23(34-29-11-12-30-34)39-24(21)32(26(33)37)13-10-18-14-19(28)8-9-20(18)38-16(3)4/h8-9,11-12,14-16H,10,13H2,1-7H3,(H,31,36). The highest BCUT2D eigenvalue weighted by molar-refractivity contribution is 7.21. The molecular formula is C27H33FN6O4S. The van der Waals surface area contributed by atoms with Crippen molar-refractivity contribution in [1.29, 1.82) is 0 Å². The number of amides is 1. The number of aryl methyl sites for hydroxylation is 3. The third kappa shape index (κ3) is 5.38. The lowest BCUT2D eigenvalue weighted by atomic mass is 10.0. The Labute approximate surface area is 229 Å². The van der Waals surface area contributed by atoms with E-state index in [2.05, 4.69) is 15.5 Å². The SMILES string of the molecule is Cc1c(-n2nccn2)sc2c1c(=O)n(C(C)(C)C(=O)NC(C)C)c(=O)n2CCc1cc(F)ccc1OC(C)C. The molecule has 3 aromatic heterocycles. The number of halogens is 1. The summed E-state index contributed by atoms with van der Waals surface area (Å²) in [5.74, 6) is -0.360. The van der Waals surface area contributed by atoms with E-state index in [1.54, 1.807) is 40.7 Å². The van der Waals surface area contributed by atoms with Crippen LogP contribution in [0.2, 0.25) is 0 Å². The van der Waals surface area contributed by atoms with Gasteiger partial charge in [0.05, 0.1) is 23.9 Å². The molecule has 0 saturated carbocycles. The molecule has 1 aromatic carbocycles. The van der Waals surface area contributed by atoms with Gasteiger partial charge in [0.2, 0.25) is 5.91 Å². The van der Waals surface area contributed by atoms with Crippen LogP contribution in [0.4, 0.5) is 4.39 Å². The molecule has 0 fully saturated rings. The fourth-order valence-corrected chi connectivity index (χ4v) is 5.66. The van der Waals surface area contributed by atoms with Gasteiger partial charge in [0.1, 0.15) is 26.9 Å². The molecule has 4 rings (SSSR count). The molecule has 0 bridgehead atoms. The molecule has 1 amide bonds. The van der Waals surface area contributed by atoms with Gasteiger partial charge in [0, 0.05) is 18.2 Å². The average molecular weight is 557 g/mol. The van der Waals surface area contributed by atoms with Gasteiger partial charge in [0.25, 0.3) is 5.56 Å². The van der Waals surface area contributed by atoms with Crippen molar-refractivity contribution in [3.8, 4) is 10.8 Å². The first-order valence-electron chi connectivity index (χ1n) is 12.7. The number of benzene rings is 1. The number of fused-ring (bicyclic) bond motifs is 1. The van der Waals surface area contributed by atoms with Crippen LogP contribution < -0.4 is 21.3 Å². The van der Waals surface area contributed by atoms with Crippen LogP contribution in [0.1, 0.15) is 52.7 Å². The molecule has 0 unspecified atom stereocenters. The Kier molecular flexibility index (Phi) is 7.78. The quantitative estimate of drug-likeness (QED) is 0.338. The lowest BCUT2D eigenvalue weighted by Crippen LogP contribution is -2.56. The lowest BCUT2D eigenvalue weighted by Gasteiger charge is -2.27. The van der Waals surface area contributed by atoms with Crippen LogP contribution in [0.25, 0.3) is 15.2 Å². The second kappa shape index (κ2) is 10.8. The molecule has 0 aliphatic heterocycles. The number of ether oxygens (including phenoxy) is 1. The van der Waals surface area contributed by atoms with Crippen molar-refractivity contribution in [3.63, 3.8) is 0 Å². The van der Waals surface area contributed by atoms with Crippen LogP contribution in [-0.2, 0) is 23.3 Å². The van der Waals surface area contributed by atoms with Crippen LogP contribution in [-0.4, -0.2) is 42.2 Å². The first-order valence-corrected chi connectivity index (χ1v) is 13.6. The largest absolute Gasteiger partial charge is 0.491 e. The van der Waals surface area contributed by atoms with Gasteiger partial charge < -0.3 is 10.1 Å². The Morgan fingerprint density at radius 2 is 1.82 bits per heavy atom. The summed E-state index contributed by atoms with van der Waals surface area (Å²) in [5.41, 5.74) is -1.52. The maximum Gasteiger partial charge on any atom is 0.333 e. The monoisotopic (exact) mass is 556 g/mol. The molecule has 1 N–H and O–H groups in total. The van der Waals surface area contributed by atoms with Gasteiger partial charge >= 0.3 is 5.69 Å². The van der Waals surface area contributed by atoms with Crippen LogP contribution in [0, 0.1) is 12.7 Å². The fourth-order valence-electron chi connectivity index (χ4n) is 4.42. The molecule has 12 heteroatoms. The molecule has 0 aliphatic rings. The first kappa shape index (κ1) is 28.2. The zero-order valence-corrected chi connectivity index (χ0v) is 23.9. The second-order valence-electron chi connectivity index (χ2n) is 10.5.